The first-order valence-electron chi connectivity index (χ1n) is 5.92. The van der Waals surface area contributed by atoms with Crippen molar-refractivity contribution in [1.29, 1.82) is 0 Å². The van der Waals surface area contributed by atoms with Crippen molar-refractivity contribution in [3.63, 3.8) is 0 Å². The van der Waals surface area contributed by atoms with Crippen molar-refractivity contribution in [3.05, 3.63) is 20.8 Å². The zero-order valence-electron chi connectivity index (χ0n) is 10.5. The third kappa shape index (κ3) is 4.18. The Morgan fingerprint density at radius 3 is 2.94 bits per heavy atom. The van der Waals surface area contributed by atoms with Gasteiger partial charge in [-0.25, -0.2) is 0 Å². The second-order valence-electron chi connectivity index (χ2n) is 4.47. The molecule has 6 heteroatoms. The Balaban J connectivity index is 0.00000162. The van der Waals surface area contributed by atoms with Crippen molar-refractivity contribution in [2.24, 2.45) is 5.73 Å². The first kappa shape index (κ1) is 16.4. The van der Waals surface area contributed by atoms with Gasteiger partial charge in [-0.15, -0.1) is 23.7 Å². The van der Waals surface area contributed by atoms with Crippen molar-refractivity contribution in [2.45, 2.75) is 31.5 Å². The van der Waals surface area contributed by atoms with Crippen LogP contribution in [0.25, 0.3) is 0 Å². The highest BCUT2D eigenvalue weighted by Crippen LogP contribution is 2.25. The minimum absolute atomic E-state index is 0. The summed E-state index contributed by atoms with van der Waals surface area (Å²) in [5.74, 6) is 0. The fraction of sp³-hybridized carbons (Fsp3) is 0.667. The van der Waals surface area contributed by atoms with Crippen molar-refractivity contribution in [3.8, 4) is 0 Å². The number of rotatable bonds is 4. The Kier molecular flexibility index (Phi) is 7.13. The van der Waals surface area contributed by atoms with E-state index in [1.165, 1.54) is 9.35 Å². The van der Waals surface area contributed by atoms with Gasteiger partial charge in [-0.3, -0.25) is 4.90 Å². The van der Waals surface area contributed by atoms with Gasteiger partial charge < -0.3 is 10.5 Å². The summed E-state index contributed by atoms with van der Waals surface area (Å²) in [7, 11) is 1.80. The molecule has 1 aliphatic heterocycles. The Labute approximate surface area is 127 Å². The summed E-state index contributed by atoms with van der Waals surface area (Å²) >= 11 is 5.30. The minimum Gasteiger partial charge on any atom is -0.381 e. The van der Waals surface area contributed by atoms with Crippen LogP contribution in [0.3, 0.4) is 0 Å². The lowest BCUT2D eigenvalue weighted by atomic mass is 9.99. The van der Waals surface area contributed by atoms with Crippen LogP contribution < -0.4 is 5.73 Å². The van der Waals surface area contributed by atoms with Crippen LogP contribution in [0.1, 0.15) is 17.7 Å². The van der Waals surface area contributed by atoms with E-state index in [1.54, 1.807) is 18.4 Å². The molecule has 0 spiro atoms. The molecule has 2 rings (SSSR count). The quantitative estimate of drug-likeness (QED) is 0.902. The molecule has 2 atom stereocenters. The molecule has 0 aromatic carbocycles. The van der Waals surface area contributed by atoms with E-state index in [4.69, 9.17) is 10.5 Å². The molecule has 1 fully saturated rings. The highest BCUT2D eigenvalue weighted by molar-refractivity contribution is 9.10. The largest absolute Gasteiger partial charge is 0.381 e. The van der Waals surface area contributed by atoms with Crippen LogP contribution >= 0.6 is 39.7 Å². The molecular weight excluding hydrogens is 336 g/mol. The molecule has 2 heterocycles. The molecule has 1 saturated heterocycles. The van der Waals surface area contributed by atoms with Gasteiger partial charge >= 0.3 is 0 Å². The first-order chi connectivity index (χ1) is 8.22. The summed E-state index contributed by atoms with van der Waals surface area (Å²) in [6, 6.07) is 2.65. The zero-order valence-corrected chi connectivity index (χ0v) is 13.7. The lowest BCUT2D eigenvalue weighted by molar-refractivity contribution is 0.0106. The molecule has 2 N–H and O–H groups in total. The van der Waals surface area contributed by atoms with Crippen LogP contribution in [0.5, 0.6) is 0 Å². The highest BCUT2D eigenvalue weighted by Gasteiger charge is 2.27. The number of nitrogens with zero attached hydrogens (tertiary/aromatic N) is 1. The lowest BCUT2D eigenvalue weighted by Crippen LogP contribution is -2.47. The van der Waals surface area contributed by atoms with Gasteiger partial charge in [0.1, 0.15) is 0 Å². The minimum atomic E-state index is 0. The van der Waals surface area contributed by atoms with Gasteiger partial charge in [-0.1, -0.05) is 0 Å². The number of thiophene rings is 1. The zero-order chi connectivity index (χ0) is 12.3. The summed E-state index contributed by atoms with van der Waals surface area (Å²) < 4.78 is 6.61. The second kappa shape index (κ2) is 7.82. The molecule has 18 heavy (non-hydrogen) atoms. The fourth-order valence-corrected chi connectivity index (χ4v) is 3.84. The van der Waals surface area contributed by atoms with Crippen LogP contribution in [-0.4, -0.2) is 37.2 Å². The number of likely N-dealkylation sites (tertiary alicyclic amines) is 1. The van der Waals surface area contributed by atoms with Gasteiger partial charge in [0.05, 0.1) is 6.10 Å². The van der Waals surface area contributed by atoms with Gasteiger partial charge in [0.25, 0.3) is 0 Å². The average molecular weight is 356 g/mol. The fourth-order valence-electron chi connectivity index (χ4n) is 2.37. The van der Waals surface area contributed by atoms with Gasteiger partial charge in [-0.05, 0) is 34.8 Å². The third-order valence-electron chi connectivity index (χ3n) is 3.38. The number of methoxy groups -OCH3 is 1. The molecular formula is C12H20BrClN2OS. The Morgan fingerprint density at radius 2 is 2.39 bits per heavy atom. The van der Waals surface area contributed by atoms with Crippen LogP contribution in [0.15, 0.2) is 15.9 Å². The van der Waals surface area contributed by atoms with Crippen molar-refractivity contribution >= 4 is 39.7 Å². The van der Waals surface area contributed by atoms with E-state index >= 15 is 0 Å². The van der Waals surface area contributed by atoms with Crippen molar-refractivity contribution in [1.82, 2.24) is 4.90 Å². The molecule has 0 amide bonds. The molecule has 1 aromatic rings. The summed E-state index contributed by atoms with van der Waals surface area (Å²) in [5.41, 5.74) is 5.87. The summed E-state index contributed by atoms with van der Waals surface area (Å²) in [5, 5.41) is 2.13. The van der Waals surface area contributed by atoms with Crippen LogP contribution in [0.4, 0.5) is 0 Å². The Bertz CT molecular complexity index is 364. The Morgan fingerprint density at radius 1 is 1.61 bits per heavy atom. The normalized spacial score (nSPS) is 24.8. The number of hydrogen-bond acceptors (Lipinski definition) is 4. The average Bonchev–Trinajstić information content (AvgIpc) is 2.75. The van der Waals surface area contributed by atoms with Crippen molar-refractivity contribution < 1.29 is 4.74 Å². The number of ether oxygens (including phenoxy) is 1. The predicted molar refractivity (Wildman–Crippen MR) is 82.6 cm³/mol. The standard InChI is InChI=1S/C12H19BrN2OS.ClH/c1-16-11-2-3-15(10(5-11)6-14)7-12-4-9(13)8-17-12;/h4,8,10-11H,2-3,5-7,14H2,1H3;1H. The van der Waals surface area contributed by atoms with E-state index in [9.17, 15) is 0 Å². The number of hydrogen-bond donors (Lipinski definition) is 1. The van der Waals surface area contributed by atoms with Gasteiger partial charge in [0, 0.05) is 47.5 Å². The molecule has 3 nitrogen and oxygen atoms in total. The lowest BCUT2D eigenvalue weighted by Gasteiger charge is -2.38. The predicted octanol–water partition coefficient (Wildman–Crippen LogP) is 2.87. The number of nitrogens with two attached hydrogens (primary N) is 1. The van der Waals surface area contributed by atoms with Gasteiger partial charge in [-0.2, -0.15) is 0 Å². The molecule has 1 aromatic heterocycles. The summed E-state index contributed by atoms with van der Waals surface area (Å²) in [6.07, 6.45) is 2.55. The van der Waals surface area contributed by atoms with E-state index in [1.807, 2.05) is 0 Å². The van der Waals surface area contributed by atoms with Gasteiger partial charge in [0.15, 0.2) is 0 Å². The molecule has 0 saturated carbocycles. The summed E-state index contributed by atoms with van der Waals surface area (Å²) in [6.45, 7) is 2.80. The Hall–Kier alpha value is 0.350. The molecule has 0 bridgehead atoms. The van der Waals surface area contributed by atoms with E-state index in [0.29, 0.717) is 18.7 Å². The third-order valence-corrected chi connectivity index (χ3v) is 5.06. The van der Waals surface area contributed by atoms with Crippen molar-refractivity contribution in [2.75, 3.05) is 20.2 Å². The van der Waals surface area contributed by atoms with E-state index in [0.717, 1.165) is 25.9 Å². The topological polar surface area (TPSA) is 38.5 Å². The number of piperidine rings is 1. The van der Waals surface area contributed by atoms with E-state index < -0.39 is 0 Å². The monoisotopic (exact) mass is 354 g/mol. The number of halogens is 2. The molecule has 0 aliphatic carbocycles. The first-order valence-corrected chi connectivity index (χ1v) is 7.60. The maximum absolute atomic E-state index is 5.87. The molecule has 2 unspecified atom stereocenters. The van der Waals surface area contributed by atoms with Crippen LogP contribution in [0.2, 0.25) is 0 Å². The maximum Gasteiger partial charge on any atom is 0.0599 e. The second-order valence-corrected chi connectivity index (χ2v) is 6.38. The summed E-state index contributed by atoms with van der Waals surface area (Å²) in [4.78, 5) is 3.87. The molecule has 104 valence electrons. The molecule has 0 radical (unpaired) electrons. The van der Waals surface area contributed by atoms with E-state index in [-0.39, 0.29) is 12.4 Å². The van der Waals surface area contributed by atoms with Gasteiger partial charge in [0.2, 0.25) is 0 Å². The van der Waals surface area contributed by atoms with Crippen LogP contribution in [-0.2, 0) is 11.3 Å². The maximum atomic E-state index is 5.87. The van der Waals surface area contributed by atoms with Crippen LogP contribution in [0, 0.1) is 0 Å². The highest BCUT2D eigenvalue weighted by atomic mass is 79.9. The molecule has 1 aliphatic rings. The smallest absolute Gasteiger partial charge is 0.0599 e. The SMILES string of the molecule is COC1CCN(Cc2cc(Br)cs2)C(CN)C1.Cl. The van der Waals surface area contributed by atoms with E-state index in [2.05, 4.69) is 32.3 Å².